The van der Waals surface area contributed by atoms with Gasteiger partial charge in [0, 0.05) is 5.56 Å². The molecule has 1 aromatic carbocycles. The van der Waals surface area contributed by atoms with Crippen molar-refractivity contribution in [2.75, 3.05) is 0 Å². The highest BCUT2D eigenvalue weighted by Gasteiger charge is 2.06. The summed E-state index contributed by atoms with van der Waals surface area (Å²) < 4.78 is 12.9. The minimum atomic E-state index is -0.317. The van der Waals surface area contributed by atoms with E-state index < -0.39 is 0 Å². The third-order valence-electron chi connectivity index (χ3n) is 1.84. The summed E-state index contributed by atoms with van der Waals surface area (Å²) in [6, 6.07) is 5.75. The second-order valence-corrected chi connectivity index (χ2v) is 3.22. The first kappa shape index (κ1) is 8.96. The number of hydrogen-bond acceptors (Lipinski definition) is 2. The van der Waals surface area contributed by atoms with E-state index >= 15 is 0 Å². The third-order valence-corrected chi connectivity index (χ3v) is 2.04. The van der Waals surface area contributed by atoms with Crippen molar-refractivity contribution in [3.05, 3.63) is 34.9 Å². The van der Waals surface area contributed by atoms with E-state index in [1.807, 2.05) is 0 Å². The fourth-order valence-electron chi connectivity index (χ4n) is 1.20. The molecule has 0 fully saturated rings. The van der Waals surface area contributed by atoms with E-state index in [4.69, 9.17) is 12.2 Å². The number of aromatic nitrogens is 2. The summed E-state index contributed by atoms with van der Waals surface area (Å²) in [6.07, 6.45) is 0. The molecule has 0 saturated carbocycles. The smallest absolute Gasteiger partial charge is 0.215 e. The van der Waals surface area contributed by atoms with Gasteiger partial charge in [-0.15, -0.1) is 0 Å². The van der Waals surface area contributed by atoms with Gasteiger partial charge in [-0.1, -0.05) is 0 Å². The van der Waals surface area contributed by atoms with Gasteiger partial charge < -0.3 is 15.1 Å². The highest BCUT2D eigenvalue weighted by atomic mass is 32.1. The van der Waals surface area contributed by atoms with Crippen LogP contribution in [0.3, 0.4) is 0 Å². The highest BCUT2D eigenvalue weighted by Crippen LogP contribution is 2.25. The van der Waals surface area contributed by atoms with Crippen LogP contribution in [0.4, 0.5) is 4.39 Å². The third kappa shape index (κ3) is 1.54. The summed E-state index contributed by atoms with van der Waals surface area (Å²) >= 11 is 4.80. The first-order valence-corrected chi connectivity index (χ1v) is 4.35. The van der Waals surface area contributed by atoms with Gasteiger partial charge in [0.15, 0.2) is 4.77 Å². The van der Waals surface area contributed by atoms with Crippen LogP contribution in [0.1, 0.15) is 0 Å². The predicted molar refractivity (Wildman–Crippen MR) is 53.0 cm³/mol. The van der Waals surface area contributed by atoms with Crippen molar-refractivity contribution in [3.63, 3.8) is 0 Å². The predicted octanol–water partition coefficient (Wildman–Crippen LogP) is 2.58. The largest absolute Gasteiger partial charge is 0.493 e. The van der Waals surface area contributed by atoms with Crippen molar-refractivity contribution in [2.45, 2.75) is 0 Å². The zero-order chi connectivity index (χ0) is 10.1. The van der Waals surface area contributed by atoms with E-state index in [1.54, 1.807) is 12.1 Å². The van der Waals surface area contributed by atoms with Crippen LogP contribution in [0.15, 0.2) is 24.3 Å². The van der Waals surface area contributed by atoms with Gasteiger partial charge in [-0.3, -0.25) is 0 Å². The van der Waals surface area contributed by atoms with Crippen LogP contribution in [0, 0.1) is 10.6 Å². The number of aromatic hydroxyl groups is 1. The Hall–Kier alpha value is -1.62. The molecular formula is C9H7FN2OS. The summed E-state index contributed by atoms with van der Waals surface area (Å²) in [6.45, 7) is 0. The van der Waals surface area contributed by atoms with Crippen LogP contribution >= 0.6 is 12.2 Å². The molecule has 0 spiro atoms. The zero-order valence-corrected chi connectivity index (χ0v) is 7.86. The van der Waals surface area contributed by atoms with Crippen molar-refractivity contribution in [3.8, 4) is 17.1 Å². The first-order valence-electron chi connectivity index (χ1n) is 3.94. The maximum Gasteiger partial charge on any atom is 0.215 e. The number of benzene rings is 1. The van der Waals surface area contributed by atoms with E-state index in [2.05, 4.69) is 9.97 Å². The molecule has 0 aliphatic rings. The molecule has 5 heteroatoms. The SMILES string of the molecule is Oc1[nH]c(=S)[nH]c1-c1ccc(F)cc1. The number of halogens is 1. The Morgan fingerprint density at radius 3 is 2.29 bits per heavy atom. The molecule has 14 heavy (non-hydrogen) atoms. The number of rotatable bonds is 1. The van der Waals surface area contributed by atoms with Crippen LogP contribution in [-0.2, 0) is 0 Å². The van der Waals surface area contributed by atoms with Crippen molar-refractivity contribution < 1.29 is 9.50 Å². The van der Waals surface area contributed by atoms with E-state index in [1.165, 1.54) is 12.1 Å². The van der Waals surface area contributed by atoms with Gasteiger partial charge in [0.1, 0.15) is 11.5 Å². The average molecular weight is 210 g/mol. The topological polar surface area (TPSA) is 51.8 Å². The van der Waals surface area contributed by atoms with E-state index in [0.29, 0.717) is 16.0 Å². The van der Waals surface area contributed by atoms with Crippen LogP contribution in [0.25, 0.3) is 11.3 Å². The molecule has 0 aliphatic heterocycles. The van der Waals surface area contributed by atoms with E-state index in [0.717, 1.165) is 0 Å². The molecule has 3 N–H and O–H groups in total. The minimum Gasteiger partial charge on any atom is -0.493 e. The lowest BCUT2D eigenvalue weighted by Crippen LogP contribution is -1.79. The number of imidazole rings is 1. The Morgan fingerprint density at radius 1 is 1.14 bits per heavy atom. The molecule has 2 aromatic rings. The molecule has 3 nitrogen and oxygen atoms in total. The lowest BCUT2D eigenvalue weighted by atomic mass is 10.1. The Labute approximate surface area is 84.2 Å². The second kappa shape index (κ2) is 3.26. The summed E-state index contributed by atoms with van der Waals surface area (Å²) in [5.41, 5.74) is 1.14. The first-order chi connectivity index (χ1) is 6.66. The summed E-state index contributed by atoms with van der Waals surface area (Å²) in [5.74, 6) is -0.357. The van der Waals surface area contributed by atoms with E-state index in [9.17, 15) is 9.50 Å². The molecular weight excluding hydrogens is 203 g/mol. The van der Waals surface area contributed by atoms with Gasteiger partial charge in [0.25, 0.3) is 0 Å². The zero-order valence-electron chi connectivity index (χ0n) is 7.04. The Balaban J connectivity index is 2.54. The molecule has 0 bridgehead atoms. The van der Waals surface area contributed by atoms with Crippen molar-refractivity contribution in [2.24, 2.45) is 0 Å². The maximum absolute atomic E-state index is 12.6. The molecule has 1 heterocycles. The van der Waals surface area contributed by atoms with Crippen LogP contribution in [0.2, 0.25) is 0 Å². The Morgan fingerprint density at radius 2 is 1.79 bits per heavy atom. The van der Waals surface area contributed by atoms with Gasteiger partial charge in [0.2, 0.25) is 5.88 Å². The lowest BCUT2D eigenvalue weighted by molar-refractivity contribution is 0.458. The monoisotopic (exact) mass is 210 g/mol. The van der Waals surface area contributed by atoms with Gasteiger partial charge >= 0.3 is 0 Å². The van der Waals surface area contributed by atoms with Gasteiger partial charge in [0.05, 0.1) is 0 Å². The fourth-order valence-corrected chi connectivity index (χ4v) is 1.40. The van der Waals surface area contributed by atoms with Gasteiger partial charge in [-0.05, 0) is 36.5 Å². The molecule has 0 radical (unpaired) electrons. The molecule has 1 aromatic heterocycles. The number of nitrogens with one attached hydrogen (secondary N) is 2. The minimum absolute atomic E-state index is 0.0402. The average Bonchev–Trinajstić information content (AvgIpc) is 2.47. The molecule has 0 amide bonds. The summed E-state index contributed by atoms with van der Waals surface area (Å²) in [7, 11) is 0. The Bertz CT molecular complexity index is 500. The highest BCUT2D eigenvalue weighted by molar-refractivity contribution is 7.71. The van der Waals surface area contributed by atoms with Gasteiger partial charge in [-0.25, -0.2) is 4.39 Å². The Kier molecular flexibility index (Phi) is 2.09. The standard InChI is InChI=1S/C9H7FN2OS/c10-6-3-1-5(2-4-6)7-8(13)12-9(14)11-7/h1-4,13H,(H2,11,12,14). The molecule has 0 atom stereocenters. The number of H-pyrrole nitrogens is 2. The maximum atomic E-state index is 12.6. The number of aromatic amines is 2. The van der Waals surface area contributed by atoms with Crippen LogP contribution in [0.5, 0.6) is 5.88 Å². The van der Waals surface area contributed by atoms with Crippen LogP contribution in [-0.4, -0.2) is 15.1 Å². The van der Waals surface area contributed by atoms with Gasteiger partial charge in [-0.2, -0.15) is 0 Å². The fraction of sp³-hybridized carbons (Fsp3) is 0. The summed E-state index contributed by atoms with van der Waals surface area (Å²) in [4.78, 5) is 5.31. The lowest BCUT2D eigenvalue weighted by Gasteiger charge is -1.97. The summed E-state index contributed by atoms with van der Waals surface area (Å²) in [5, 5.41) is 9.41. The molecule has 72 valence electrons. The molecule has 0 aliphatic carbocycles. The van der Waals surface area contributed by atoms with E-state index in [-0.39, 0.29) is 11.7 Å². The molecule has 2 rings (SSSR count). The second-order valence-electron chi connectivity index (χ2n) is 2.81. The van der Waals surface area contributed by atoms with Crippen LogP contribution < -0.4 is 0 Å². The quantitative estimate of drug-likeness (QED) is 0.633. The molecule has 0 unspecified atom stereocenters. The molecule has 0 saturated heterocycles. The number of hydrogen-bond donors (Lipinski definition) is 3. The van der Waals surface area contributed by atoms with Crippen molar-refractivity contribution >= 4 is 12.2 Å². The van der Waals surface area contributed by atoms with Crippen molar-refractivity contribution in [1.29, 1.82) is 0 Å². The van der Waals surface area contributed by atoms with Crippen molar-refractivity contribution in [1.82, 2.24) is 9.97 Å². The normalized spacial score (nSPS) is 10.4.